The minimum atomic E-state index is -0.625. The van der Waals surface area contributed by atoms with Crippen LogP contribution in [-0.2, 0) is 4.79 Å². The summed E-state index contributed by atoms with van der Waals surface area (Å²) in [6, 6.07) is 5.64. The van der Waals surface area contributed by atoms with E-state index in [9.17, 15) is 4.79 Å². The molecule has 0 fully saturated rings. The van der Waals surface area contributed by atoms with E-state index in [1.807, 2.05) is 32.0 Å². The predicted octanol–water partition coefficient (Wildman–Crippen LogP) is 1.27. The fourth-order valence-electron chi connectivity index (χ4n) is 1.34. The second-order valence-electron chi connectivity index (χ2n) is 3.98. The van der Waals surface area contributed by atoms with Gasteiger partial charge in [-0.1, -0.05) is 12.1 Å². The van der Waals surface area contributed by atoms with Gasteiger partial charge in [0, 0.05) is 6.04 Å². The van der Waals surface area contributed by atoms with Crippen molar-refractivity contribution in [2.24, 2.45) is 11.5 Å². The highest BCUT2D eigenvalue weighted by molar-refractivity contribution is 5.78. The maximum absolute atomic E-state index is 10.9. The van der Waals surface area contributed by atoms with Crippen molar-refractivity contribution in [1.29, 1.82) is 0 Å². The van der Waals surface area contributed by atoms with Crippen molar-refractivity contribution in [3.8, 4) is 5.75 Å². The van der Waals surface area contributed by atoms with E-state index in [0.717, 1.165) is 11.1 Å². The Balaban J connectivity index is 2.87. The van der Waals surface area contributed by atoms with Gasteiger partial charge < -0.3 is 16.2 Å². The number of rotatable bonds is 4. The third-order valence-electron chi connectivity index (χ3n) is 2.43. The van der Waals surface area contributed by atoms with E-state index in [1.165, 1.54) is 0 Å². The second-order valence-corrected chi connectivity index (χ2v) is 3.98. The van der Waals surface area contributed by atoms with Crippen LogP contribution in [0, 0.1) is 6.92 Å². The molecule has 1 aromatic carbocycles. The Morgan fingerprint density at radius 2 is 2.00 bits per heavy atom. The summed E-state index contributed by atoms with van der Waals surface area (Å²) in [6.07, 6.45) is -0.625. The highest BCUT2D eigenvalue weighted by atomic mass is 16.5. The molecule has 2 atom stereocenters. The van der Waals surface area contributed by atoms with E-state index in [-0.39, 0.29) is 6.04 Å². The van der Waals surface area contributed by atoms with Gasteiger partial charge in [-0.05, 0) is 38.0 Å². The molecule has 4 N–H and O–H groups in total. The highest BCUT2D eigenvalue weighted by Gasteiger charge is 2.12. The molecule has 0 radical (unpaired) electrons. The summed E-state index contributed by atoms with van der Waals surface area (Å²) in [5.74, 6) is 0.186. The monoisotopic (exact) mass is 222 g/mol. The summed E-state index contributed by atoms with van der Waals surface area (Å²) < 4.78 is 5.43. The quantitative estimate of drug-likeness (QED) is 0.805. The zero-order valence-electron chi connectivity index (χ0n) is 9.86. The summed E-state index contributed by atoms with van der Waals surface area (Å²) in [4.78, 5) is 10.9. The molecule has 1 aromatic rings. The van der Waals surface area contributed by atoms with Gasteiger partial charge in [0.2, 0.25) is 0 Å². The molecule has 1 amide bonds. The molecule has 0 saturated heterocycles. The Bertz CT molecular complexity index is 389. The predicted molar refractivity (Wildman–Crippen MR) is 63.1 cm³/mol. The number of carbonyl (C=O) groups is 1. The number of primary amides is 1. The third-order valence-corrected chi connectivity index (χ3v) is 2.43. The Kier molecular flexibility index (Phi) is 3.90. The van der Waals surface area contributed by atoms with E-state index in [2.05, 4.69) is 0 Å². The first-order valence-corrected chi connectivity index (χ1v) is 5.24. The minimum absolute atomic E-state index is 0.0127. The molecule has 4 heteroatoms. The van der Waals surface area contributed by atoms with E-state index in [0.29, 0.717) is 5.75 Å². The molecule has 0 saturated carbocycles. The fraction of sp³-hybridized carbons (Fsp3) is 0.417. The molecule has 4 nitrogen and oxygen atoms in total. The SMILES string of the molecule is Cc1cc([C@@H](C)N)ccc1OC(C)C(N)=O. The smallest absolute Gasteiger partial charge is 0.258 e. The number of aryl methyl sites for hydroxylation is 1. The lowest BCUT2D eigenvalue weighted by molar-refractivity contribution is -0.123. The van der Waals surface area contributed by atoms with Crippen molar-refractivity contribution in [1.82, 2.24) is 0 Å². The maximum atomic E-state index is 10.9. The summed E-state index contributed by atoms with van der Waals surface area (Å²) in [5, 5.41) is 0. The minimum Gasteiger partial charge on any atom is -0.481 e. The van der Waals surface area contributed by atoms with Crippen LogP contribution in [0.25, 0.3) is 0 Å². The largest absolute Gasteiger partial charge is 0.481 e. The molecule has 0 aliphatic carbocycles. The Morgan fingerprint density at radius 3 is 2.44 bits per heavy atom. The van der Waals surface area contributed by atoms with Gasteiger partial charge in [-0.3, -0.25) is 4.79 Å². The van der Waals surface area contributed by atoms with Gasteiger partial charge in [-0.2, -0.15) is 0 Å². The van der Waals surface area contributed by atoms with Crippen LogP contribution in [0.15, 0.2) is 18.2 Å². The Morgan fingerprint density at radius 1 is 1.38 bits per heavy atom. The number of nitrogens with two attached hydrogens (primary N) is 2. The molecule has 0 aliphatic heterocycles. The average molecular weight is 222 g/mol. The summed E-state index contributed by atoms with van der Waals surface area (Å²) in [5.41, 5.74) is 12.9. The van der Waals surface area contributed by atoms with Crippen molar-refractivity contribution in [2.45, 2.75) is 32.9 Å². The lowest BCUT2D eigenvalue weighted by Crippen LogP contribution is -2.30. The van der Waals surface area contributed by atoms with E-state index < -0.39 is 12.0 Å². The van der Waals surface area contributed by atoms with Crippen LogP contribution in [0.4, 0.5) is 0 Å². The van der Waals surface area contributed by atoms with Crippen molar-refractivity contribution >= 4 is 5.91 Å². The molecule has 0 spiro atoms. The van der Waals surface area contributed by atoms with Gasteiger partial charge in [0.15, 0.2) is 6.10 Å². The van der Waals surface area contributed by atoms with E-state index in [4.69, 9.17) is 16.2 Å². The molecule has 1 rings (SSSR count). The van der Waals surface area contributed by atoms with Gasteiger partial charge in [-0.25, -0.2) is 0 Å². The number of carbonyl (C=O) groups excluding carboxylic acids is 1. The van der Waals surface area contributed by atoms with Crippen LogP contribution >= 0.6 is 0 Å². The number of amides is 1. The molecule has 0 aliphatic rings. The Labute approximate surface area is 95.6 Å². The van der Waals surface area contributed by atoms with Crippen molar-refractivity contribution in [2.75, 3.05) is 0 Å². The molecular formula is C12H18N2O2. The van der Waals surface area contributed by atoms with Crippen LogP contribution in [0.2, 0.25) is 0 Å². The van der Waals surface area contributed by atoms with E-state index >= 15 is 0 Å². The van der Waals surface area contributed by atoms with Crippen LogP contribution in [0.1, 0.15) is 31.0 Å². The summed E-state index contributed by atoms with van der Waals surface area (Å²) in [7, 11) is 0. The molecule has 88 valence electrons. The Hall–Kier alpha value is -1.55. The molecule has 0 bridgehead atoms. The summed E-state index contributed by atoms with van der Waals surface area (Å²) >= 11 is 0. The molecular weight excluding hydrogens is 204 g/mol. The summed E-state index contributed by atoms with van der Waals surface area (Å²) in [6.45, 7) is 5.46. The number of hydrogen-bond acceptors (Lipinski definition) is 3. The van der Waals surface area contributed by atoms with Crippen molar-refractivity contribution < 1.29 is 9.53 Å². The highest BCUT2D eigenvalue weighted by Crippen LogP contribution is 2.22. The molecule has 0 heterocycles. The second kappa shape index (κ2) is 4.99. The molecule has 1 unspecified atom stereocenters. The standard InChI is InChI=1S/C12H18N2O2/c1-7-6-10(8(2)13)4-5-11(7)16-9(3)12(14)15/h4-6,8-9H,13H2,1-3H3,(H2,14,15)/t8-,9?/m1/s1. The van der Waals surface area contributed by atoms with Crippen LogP contribution < -0.4 is 16.2 Å². The number of benzene rings is 1. The van der Waals surface area contributed by atoms with Crippen molar-refractivity contribution in [3.63, 3.8) is 0 Å². The van der Waals surface area contributed by atoms with Gasteiger partial charge in [0.25, 0.3) is 5.91 Å². The molecule has 0 aromatic heterocycles. The van der Waals surface area contributed by atoms with Crippen LogP contribution in [0.5, 0.6) is 5.75 Å². The zero-order chi connectivity index (χ0) is 12.3. The van der Waals surface area contributed by atoms with E-state index in [1.54, 1.807) is 6.92 Å². The van der Waals surface area contributed by atoms with Crippen molar-refractivity contribution in [3.05, 3.63) is 29.3 Å². The maximum Gasteiger partial charge on any atom is 0.258 e. The zero-order valence-corrected chi connectivity index (χ0v) is 9.86. The average Bonchev–Trinajstić information content (AvgIpc) is 2.20. The fourth-order valence-corrected chi connectivity index (χ4v) is 1.34. The lowest BCUT2D eigenvalue weighted by atomic mass is 10.1. The first-order valence-electron chi connectivity index (χ1n) is 5.24. The van der Waals surface area contributed by atoms with Crippen LogP contribution in [-0.4, -0.2) is 12.0 Å². The normalized spacial score (nSPS) is 14.2. The number of ether oxygens (including phenoxy) is 1. The molecule has 16 heavy (non-hydrogen) atoms. The number of hydrogen-bond donors (Lipinski definition) is 2. The van der Waals surface area contributed by atoms with Gasteiger partial charge in [-0.15, -0.1) is 0 Å². The van der Waals surface area contributed by atoms with Gasteiger partial charge in [0.1, 0.15) is 5.75 Å². The van der Waals surface area contributed by atoms with Crippen LogP contribution in [0.3, 0.4) is 0 Å². The topological polar surface area (TPSA) is 78.3 Å². The van der Waals surface area contributed by atoms with Gasteiger partial charge >= 0.3 is 0 Å². The third kappa shape index (κ3) is 2.97. The van der Waals surface area contributed by atoms with Gasteiger partial charge in [0.05, 0.1) is 0 Å². The lowest BCUT2D eigenvalue weighted by Gasteiger charge is -2.15. The first kappa shape index (κ1) is 12.5. The first-order chi connectivity index (χ1) is 7.41.